The molecular weight excluding hydrogens is 394 g/mol. The molecule has 142 valence electrons. The molecule has 0 saturated heterocycles. The molecule has 0 radical (unpaired) electrons. The second kappa shape index (κ2) is 7.99. The van der Waals surface area contributed by atoms with Crippen molar-refractivity contribution in [3.05, 3.63) is 64.7 Å². The van der Waals surface area contributed by atoms with Gasteiger partial charge in [-0.1, -0.05) is 41.3 Å². The first kappa shape index (κ1) is 18.5. The number of anilines is 2. The van der Waals surface area contributed by atoms with Crippen molar-refractivity contribution < 1.29 is 4.74 Å². The molecule has 0 aliphatic heterocycles. The number of ether oxygens (including phenoxy) is 1. The quantitative estimate of drug-likeness (QED) is 0.455. The summed E-state index contributed by atoms with van der Waals surface area (Å²) >= 11 is 2.94. The Kier molecular flexibility index (Phi) is 5.27. The van der Waals surface area contributed by atoms with Gasteiger partial charge in [0.25, 0.3) is 5.56 Å². The molecule has 2 aromatic heterocycles. The fraction of sp³-hybridized carbons (Fsp3) is 0.158. The number of thioether (sulfide) groups is 1. The lowest BCUT2D eigenvalue weighted by Gasteiger charge is -2.09. The third kappa shape index (κ3) is 4.00. The Bertz CT molecular complexity index is 1170. The molecule has 0 aliphatic carbocycles. The topological polar surface area (TPSA) is 92.8 Å². The first-order valence-electron chi connectivity index (χ1n) is 8.52. The molecule has 1 atom stereocenters. The first-order chi connectivity index (χ1) is 13.6. The molecule has 0 fully saturated rings. The summed E-state index contributed by atoms with van der Waals surface area (Å²) in [7, 11) is 1.63. The second-order valence-electron chi connectivity index (χ2n) is 5.96. The van der Waals surface area contributed by atoms with E-state index in [-0.39, 0.29) is 10.8 Å². The number of nitrogens with one attached hydrogen (secondary N) is 2. The van der Waals surface area contributed by atoms with Crippen LogP contribution in [0.15, 0.2) is 57.7 Å². The van der Waals surface area contributed by atoms with Crippen LogP contribution in [0.4, 0.5) is 10.8 Å². The predicted molar refractivity (Wildman–Crippen MR) is 113 cm³/mol. The zero-order valence-corrected chi connectivity index (χ0v) is 16.8. The molecule has 0 amide bonds. The van der Waals surface area contributed by atoms with Crippen LogP contribution in [0.5, 0.6) is 5.75 Å². The van der Waals surface area contributed by atoms with Gasteiger partial charge in [-0.2, -0.15) is 0 Å². The fourth-order valence-electron chi connectivity index (χ4n) is 2.64. The smallest absolute Gasteiger partial charge is 0.258 e. The zero-order valence-electron chi connectivity index (χ0n) is 15.2. The number of methoxy groups -OCH3 is 1. The SMILES string of the molecule is COc1cccc(Nc2nnc(S[C@H](C)c3nc4ccccc4c(=O)[nH]3)s2)c1. The van der Waals surface area contributed by atoms with Crippen LogP contribution in [0.1, 0.15) is 18.0 Å². The number of aromatic nitrogens is 4. The normalized spacial score (nSPS) is 12.1. The lowest BCUT2D eigenvalue weighted by Crippen LogP contribution is -2.12. The van der Waals surface area contributed by atoms with Crippen LogP contribution in [0.2, 0.25) is 0 Å². The van der Waals surface area contributed by atoms with E-state index in [1.807, 2.05) is 49.4 Å². The Labute approximate surface area is 169 Å². The van der Waals surface area contributed by atoms with E-state index >= 15 is 0 Å². The maximum Gasteiger partial charge on any atom is 0.258 e. The minimum Gasteiger partial charge on any atom is -0.497 e. The van der Waals surface area contributed by atoms with Crippen molar-refractivity contribution in [2.45, 2.75) is 16.5 Å². The summed E-state index contributed by atoms with van der Waals surface area (Å²) in [5.74, 6) is 1.38. The summed E-state index contributed by atoms with van der Waals surface area (Å²) in [4.78, 5) is 19.7. The van der Waals surface area contributed by atoms with Crippen molar-refractivity contribution in [3.63, 3.8) is 0 Å². The highest BCUT2D eigenvalue weighted by Gasteiger charge is 2.15. The van der Waals surface area contributed by atoms with Crippen LogP contribution < -0.4 is 15.6 Å². The predicted octanol–water partition coefficient (Wildman–Crippen LogP) is 4.38. The van der Waals surface area contributed by atoms with Gasteiger partial charge in [0.15, 0.2) is 4.34 Å². The number of para-hydroxylation sites is 1. The molecule has 4 rings (SSSR count). The number of nitrogens with zero attached hydrogens (tertiary/aromatic N) is 3. The van der Waals surface area contributed by atoms with Crippen LogP contribution in [-0.2, 0) is 0 Å². The van der Waals surface area contributed by atoms with Crippen molar-refractivity contribution in [3.8, 4) is 5.75 Å². The summed E-state index contributed by atoms with van der Waals surface area (Å²) in [6.07, 6.45) is 0. The summed E-state index contributed by atoms with van der Waals surface area (Å²) in [5.41, 5.74) is 1.43. The molecule has 0 spiro atoms. The monoisotopic (exact) mass is 411 g/mol. The van der Waals surface area contributed by atoms with Crippen molar-refractivity contribution in [1.82, 2.24) is 20.2 Å². The van der Waals surface area contributed by atoms with E-state index in [1.165, 1.54) is 23.1 Å². The van der Waals surface area contributed by atoms with E-state index < -0.39 is 0 Å². The third-order valence-electron chi connectivity index (χ3n) is 4.02. The van der Waals surface area contributed by atoms with Crippen molar-refractivity contribution in [2.75, 3.05) is 12.4 Å². The highest BCUT2D eigenvalue weighted by Crippen LogP contribution is 2.36. The van der Waals surface area contributed by atoms with Crippen molar-refractivity contribution in [2.24, 2.45) is 0 Å². The van der Waals surface area contributed by atoms with E-state index in [0.717, 1.165) is 15.8 Å². The van der Waals surface area contributed by atoms with E-state index in [0.29, 0.717) is 21.9 Å². The molecule has 7 nitrogen and oxygen atoms in total. The lowest BCUT2D eigenvalue weighted by atomic mass is 10.2. The van der Waals surface area contributed by atoms with Crippen LogP contribution in [0.25, 0.3) is 10.9 Å². The molecule has 2 N–H and O–H groups in total. The first-order valence-corrected chi connectivity index (χ1v) is 10.2. The molecule has 28 heavy (non-hydrogen) atoms. The van der Waals surface area contributed by atoms with Crippen LogP contribution in [0, 0.1) is 0 Å². The minimum absolute atomic E-state index is 0.0741. The van der Waals surface area contributed by atoms with Gasteiger partial charge in [0, 0.05) is 11.8 Å². The Morgan fingerprint density at radius 1 is 1.18 bits per heavy atom. The number of aromatic amines is 1. The molecule has 4 aromatic rings. The molecule has 0 unspecified atom stereocenters. The number of H-pyrrole nitrogens is 1. The lowest BCUT2D eigenvalue weighted by molar-refractivity contribution is 0.415. The van der Waals surface area contributed by atoms with Crippen LogP contribution >= 0.6 is 23.1 Å². The molecular formula is C19H17N5O2S2. The Morgan fingerprint density at radius 2 is 2.04 bits per heavy atom. The van der Waals surface area contributed by atoms with Gasteiger partial charge in [0.2, 0.25) is 5.13 Å². The average molecular weight is 412 g/mol. The van der Waals surface area contributed by atoms with Gasteiger partial charge >= 0.3 is 0 Å². The van der Waals surface area contributed by atoms with Crippen molar-refractivity contribution in [1.29, 1.82) is 0 Å². The Hall–Kier alpha value is -2.91. The standard InChI is InChI=1S/C19H17N5O2S2/c1-11(16-21-15-9-4-3-8-14(15)17(25)22-16)27-19-24-23-18(28-19)20-12-6-5-7-13(10-12)26-2/h3-11H,1-2H3,(H,20,23)(H,21,22,25)/t11-/m1/s1. The second-order valence-corrected chi connectivity index (χ2v) is 8.52. The maximum absolute atomic E-state index is 12.3. The van der Waals surface area contributed by atoms with Crippen LogP contribution in [0.3, 0.4) is 0 Å². The highest BCUT2D eigenvalue weighted by atomic mass is 32.2. The summed E-state index contributed by atoms with van der Waals surface area (Å²) in [6.45, 7) is 1.98. The minimum atomic E-state index is -0.134. The maximum atomic E-state index is 12.3. The van der Waals surface area contributed by atoms with Gasteiger partial charge in [-0.3, -0.25) is 4.79 Å². The molecule has 9 heteroatoms. The largest absolute Gasteiger partial charge is 0.497 e. The Morgan fingerprint density at radius 3 is 2.89 bits per heavy atom. The van der Waals surface area contributed by atoms with Gasteiger partial charge in [0.05, 0.1) is 23.3 Å². The summed E-state index contributed by atoms with van der Waals surface area (Å²) in [5, 5.41) is 12.8. The van der Waals surface area contributed by atoms with Gasteiger partial charge in [0.1, 0.15) is 11.6 Å². The average Bonchev–Trinajstić information content (AvgIpc) is 3.14. The fourth-order valence-corrected chi connectivity index (χ4v) is 4.61. The molecule has 2 aromatic carbocycles. The van der Waals surface area contributed by atoms with Gasteiger partial charge in [-0.25, -0.2) is 4.98 Å². The van der Waals surface area contributed by atoms with Gasteiger partial charge in [-0.05, 0) is 31.2 Å². The van der Waals surface area contributed by atoms with E-state index in [2.05, 4.69) is 25.5 Å². The number of benzene rings is 2. The molecule has 0 saturated carbocycles. The van der Waals surface area contributed by atoms with Gasteiger partial charge < -0.3 is 15.0 Å². The molecule has 0 bridgehead atoms. The number of fused-ring (bicyclic) bond motifs is 1. The molecule has 0 aliphatic rings. The van der Waals surface area contributed by atoms with E-state index in [4.69, 9.17) is 4.74 Å². The van der Waals surface area contributed by atoms with E-state index in [9.17, 15) is 4.79 Å². The third-order valence-corrected chi connectivity index (χ3v) is 6.05. The highest BCUT2D eigenvalue weighted by molar-refractivity contribution is 8.01. The number of rotatable bonds is 6. The molecule has 2 heterocycles. The van der Waals surface area contributed by atoms with Crippen LogP contribution in [-0.4, -0.2) is 27.3 Å². The van der Waals surface area contributed by atoms with Gasteiger partial charge in [-0.15, -0.1) is 10.2 Å². The number of hydrogen-bond donors (Lipinski definition) is 2. The Balaban J connectivity index is 1.49. The number of hydrogen-bond acceptors (Lipinski definition) is 8. The summed E-state index contributed by atoms with van der Waals surface area (Å²) < 4.78 is 6.01. The van der Waals surface area contributed by atoms with E-state index in [1.54, 1.807) is 13.2 Å². The zero-order chi connectivity index (χ0) is 19.5. The summed E-state index contributed by atoms with van der Waals surface area (Å²) in [6, 6.07) is 14.9. The van der Waals surface area contributed by atoms with Crippen molar-refractivity contribution >= 4 is 44.8 Å².